The van der Waals surface area contributed by atoms with Gasteiger partial charge in [-0.3, -0.25) is 4.98 Å². The monoisotopic (exact) mass is 254 g/mol. The Morgan fingerprint density at radius 2 is 2.00 bits per heavy atom. The average molecular weight is 254 g/mol. The number of rotatable bonds is 3. The first-order valence-electron chi connectivity index (χ1n) is 5.62. The minimum Gasteiger partial charge on any atom is -0.324 e. The van der Waals surface area contributed by atoms with Crippen LogP contribution in [0.3, 0.4) is 0 Å². The van der Waals surface area contributed by atoms with Gasteiger partial charge in [0.05, 0.1) is 0 Å². The van der Waals surface area contributed by atoms with E-state index in [4.69, 9.17) is 5.73 Å². The summed E-state index contributed by atoms with van der Waals surface area (Å²) in [6, 6.07) is 6.58. The fourth-order valence-corrected chi connectivity index (χ4v) is 1.95. The van der Waals surface area contributed by atoms with Crippen molar-refractivity contribution in [2.24, 2.45) is 5.73 Å². The summed E-state index contributed by atoms with van der Waals surface area (Å²) in [5, 5.41) is 1.75. The van der Waals surface area contributed by atoms with Crippen LogP contribution >= 0.6 is 0 Å². The Labute approximate surface area is 103 Å². The van der Waals surface area contributed by atoms with Gasteiger partial charge in [-0.2, -0.15) is 13.2 Å². The van der Waals surface area contributed by atoms with Crippen molar-refractivity contribution in [3.63, 3.8) is 0 Å². The molecule has 2 N–H and O–H groups in total. The van der Waals surface area contributed by atoms with Crippen molar-refractivity contribution in [1.29, 1.82) is 0 Å². The van der Waals surface area contributed by atoms with E-state index in [1.54, 1.807) is 30.6 Å². The van der Waals surface area contributed by atoms with Gasteiger partial charge >= 0.3 is 6.18 Å². The van der Waals surface area contributed by atoms with Crippen molar-refractivity contribution in [2.45, 2.75) is 25.1 Å². The topological polar surface area (TPSA) is 38.9 Å². The van der Waals surface area contributed by atoms with E-state index in [9.17, 15) is 13.2 Å². The quantitative estimate of drug-likeness (QED) is 0.909. The van der Waals surface area contributed by atoms with Crippen LogP contribution in [0.1, 0.15) is 24.4 Å². The van der Waals surface area contributed by atoms with Crippen LogP contribution in [0.15, 0.2) is 36.7 Å². The zero-order valence-electron chi connectivity index (χ0n) is 9.61. The van der Waals surface area contributed by atoms with E-state index in [0.29, 0.717) is 0 Å². The zero-order valence-corrected chi connectivity index (χ0v) is 9.61. The summed E-state index contributed by atoms with van der Waals surface area (Å²) < 4.78 is 36.5. The Morgan fingerprint density at radius 1 is 1.22 bits per heavy atom. The molecule has 5 heteroatoms. The molecule has 0 saturated heterocycles. The highest BCUT2D eigenvalue weighted by atomic mass is 19.4. The molecule has 18 heavy (non-hydrogen) atoms. The molecular formula is C13H13F3N2. The minimum absolute atomic E-state index is 0.106. The third-order valence-electron chi connectivity index (χ3n) is 2.85. The summed E-state index contributed by atoms with van der Waals surface area (Å²) in [4.78, 5) is 3.98. The van der Waals surface area contributed by atoms with Gasteiger partial charge in [0.1, 0.15) is 0 Å². The third kappa shape index (κ3) is 2.98. The molecule has 1 aromatic carbocycles. The lowest BCUT2D eigenvalue weighted by molar-refractivity contribution is -0.136. The van der Waals surface area contributed by atoms with Crippen molar-refractivity contribution < 1.29 is 13.2 Å². The summed E-state index contributed by atoms with van der Waals surface area (Å²) in [6.07, 6.45) is -1.85. The van der Waals surface area contributed by atoms with E-state index in [-0.39, 0.29) is 6.42 Å². The van der Waals surface area contributed by atoms with Crippen LogP contribution in [0.2, 0.25) is 0 Å². The maximum absolute atomic E-state index is 12.2. The molecule has 0 aliphatic rings. The highest BCUT2D eigenvalue weighted by Gasteiger charge is 2.28. The Bertz CT molecular complexity index is 532. The molecule has 0 saturated carbocycles. The summed E-state index contributed by atoms with van der Waals surface area (Å²) in [5.41, 5.74) is 6.58. The predicted octanol–water partition coefficient (Wildman–Crippen LogP) is 3.58. The number of benzene rings is 1. The molecule has 0 aliphatic carbocycles. The largest absolute Gasteiger partial charge is 0.389 e. The molecule has 0 aliphatic heterocycles. The molecule has 0 fully saturated rings. The highest BCUT2D eigenvalue weighted by Crippen LogP contribution is 2.29. The Balaban J connectivity index is 2.25. The van der Waals surface area contributed by atoms with Gasteiger partial charge in [-0.1, -0.05) is 18.2 Å². The molecule has 1 heterocycles. The van der Waals surface area contributed by atoms with Crippen LogP contribution in [0.25, 0.3) is 10.8 Å². The lowest BCUT2D eigenvalue weighted by Gasteiger charge is -2.15. The minimum atomic E-state index is -4.16. The number of hydrogen-bond acceptors (Lipinski definition) is 2. The number of alkyl halides is 3. The number of nitrogens with two attached hydrogens (primary N) is 1. The molecule has 2 rings (SSSR count). The van der Waals surface area contributed by atoms with E-state index in [1.165, 1.54) is 0 Å². The molecule has 96 valence electrons. The first kappa shape index (κ1) is 12.8. The van der Waals surface area contributed by atoms with Crippen molar-refractivity contribution in [3.8, 4) is 0 Å². The maximum atomic E-state index is 12.2. The van der Waals surface area contributed by atoms with Crippen molar-refractivity contribution in [3.05, 3.63) is 42.2 Å². The summed E-state index contributed by atoms with van der Waals surface area (Å²) in [7, 11) is 0. The van der Waals surface area contributed by atoms with E-state index in [1.807, 2.05) is 6.07 Å². The van der Waals surface area contributed by atoms with Gasteiger partial charge in [0.2, 0.25) is 0 Å². The predicted molar refractivity (Wildman–Crippen MR) is 64.0 cm³/mol. The normalized spacial score (nSPS) is 13.8. The van der Waals surface area contributed by atoms with Gasteiger partial charge < -0.3 is 5.73 Å². The molecule has 0 spiro atoms. The summed E-state index contributed by atoms with van der Waals surface area (Å²) >= 11 is 0. The van der Waals surface area contributed by atoms with E-state index in [2.05, 4.69) is 4.98 Å². The Kier molecular flexibility index (Phi) is 3.52. The Morgan fingerprint density at radius 3 is 2.72 bits per heavy atom. The van der Waals surface area contributed by atoms with Crippen molar-refractivity contribution in [1.82, 2.24) is 4.98 Å². The SMILES string of the molecule is NC(CCC(F)(F)F)c1cccc2cnccc12. The van der Waals surface area contributed by atoms with E-state index in [0.717, 1.165) is 16.3 Å². The second kappa shape index (κ2) is 4.94. The molecule has 2 aromatic rings. The van der Waals surface area contributed by atoms with Crippen LogP contribution in [-0.2, 0) is 0 Å². The molecule has 1 unspecified atom stereocenters. The molecule has 0 bridgehead atoms. The fourth-order valence-electron chi connectivity index (χ4n) is 1.95. The van der Waals surface area contributed by atoms with E-state index >= 15 is 0 Å². The Hall–Kier alpha value is -1.62. The van der Waals surface area contributed by atoms with Crippen LogP contribution in [0.5, 0.6) is 0 Å². The molecular weight excluding hydrogens is 241 g/mol. The lowest BCUT2D eigenvalue weighted by Crippen LogP contribution is -2.16. The molecule has 0 radical (unpaired) electrons. The van der Waals surface area contributed by atoms with Gasteiger partial charge in [0.25, 0.3) is 0 Å². The zero-order chi connectivity index (χ0) is 13.2. The van der Waals surface area contributed by atoms with Crippen molar-refractivity contribution >= 4 is 10.8 Å². The second-order valence-electron chi connectivity index (χ2n) is 4.20. The number of aromatic nitrogens is 1. The van der Waals surface area contributed by atoms with Crippen molar-refractivity contribution in [2.75, 3.05) is 0 Å². The standard InChI is InChI=1S/C13H13F3N2/c14-13(15,16)6-4-12(17)11-3-1-2-9-8-18-7-5-10(9)11/h1-3,5,7-8,12H,4,6,17H2. The highest BCUT2D eigenvalue weighted by molar-refractivity contribution is 5.85. The molecule has 1 aromatic heterocycles. The lowest BCUT2D eigenvalue weighted by atomic mass is 9.97. The van der Waals surface area contributed by atoms with Crippen LogP contribution < -0.4 is 5.73 Å². The van der Waals surface area contributed by atoms with Gasteiger partial charge in [-0.15, -0.1) is 0 Å². The number of nitrogens with zero attached hydrogens (tertiary/aromatic N) is 1. The van der Waals surface area contributed by atoms with E-state index < -0.39 is 18.6 Å². The fraction of sp³-hybridized carbons (Fsp3) is 0.308. The van der Waals surface area contributed by atoms with Crippen LogP contribution in [0, 0.1) is 0 Å². The third-order valence-corrected chi connectivity index (χ3v) is 2.85. The number of pyridine rings is 1. The van der Waals surface area contributed by atoms with Crippen LogP contribution in [-0.4, -0.2) is 11.2 Å². The molecule has 2 nitrogen and oxygen atoms in total. The van der Waals surface area contributed by atoms with Gasteiger partial charge in [0, 0.05) is 30.2 Å². The number of fused-ring (bicyclic) bond motifs is 1. The molecule has 1 atom stereocenters. The van der Waals surface area contributed by atoms with Gasteiger partial charge in [-0.25, -0.2) is 0 Å². The van der Waals surface area contributed by atoms with Gasteiger partial charge in [0.15, 0.2) is 0 Å². The van der Waals surface area contributed by atoms with Crippen LogP contribution in [0.4, 0.5) is 13.2 Å². The maximum Gasteiger partial charge on any atom is 0.389 e. The van der Waals surface area contributed by atoms with Gasteiger partial charge in [-0.05, 0) is 23.4 Å². The number of halogens is 3. The number of hydrogen-bond donors (Lipinski definition) is 1. The smallest absolute Gasteiger partial charge is 0.324 e. The first-order chi connectivity index (χ1) is 8.47. The average Bonchev–Trinajstić information content (AvgIpc) is 2.34. The summed E-state index contributed by atoms with van der Waals surface area (Å²) in [5.74, 6) is 0. The summed E-state index contributed by atoms with van der Waals surface area (Å²) in [6.45, 7) is 0. The molecule has 0 amide bonds. The second-order valence-corrected chi connectivity index (χ2v) is 4.20. The first-order valence-corrected chi connectivity index (χ1v) is 5.62.